The smallest absolute Gasteiger partial charge is 0.0779 e. The Morgan fingerprint density at radius 1 is 1.25 bits per heavy atom. The van der Waals surface area contributed by atoms with E-state index < -0.39 is 0 Å². The zero-order valence-corrected chi connectivity index (χ0v) is 11.5. The van der Waals surface area contributed by atoms with Gasteiger partial charge in [-0.2, -0.15) is 0 Å². The largest absolute Gasteiger partial charge is 0.374 e. The quantitative estimate of drug-likeness (QED) is 0.720. The molecule has 96 valence electrons. The molecule has 1 N–H and O–H groups in total. The van der Waals surface area contributed by atoms with Crippen LogP contribution in [0.4, 0.5) is 0 Å². The Kier molecular flexibility index (Phi) is 5.77. The Labute approximate surface area is 101 Å². The fraction of sp³-hybridized carbons (Fsp3) is 1.00. The summed E-state index contributed by atoms with van der Waals surface area (Å²) in [4.78, 5) is 0. The van der Waals surface area contributed by atoms with Gasteiger partial charge in [-0.1, -0.05) is 26.7 Å². The molecule has 0 saturated carbocycles. The lowest BCUT2D eigenvalue weighted by atomic mass is 10.0. The average molecular weight is 227 g/mol. The van der Waals surface area contributed by atoms with Crippen LogP contribution < -0.4 is 5.32 Å². The molecule has 0 spiro atoms. The van der Waals surface area contributed by atoms with Crippen LogP contribution in [0.15, 0.2) is 0 Å². The minimum Gasteiger partial charge on any atom is -0.374 e. The molecular weight excluding hydrogens is 198 g/mol. The van der Waals surface area contributed by atoms with E-state index in [9.17, 15) is 0 Å². The van der Waals surface area contributed by atoms with Crippen LogP contribution in [0.1, 0.15) is 59.8 Å². The second-order valence-corrected chi connectivity index (χ2v) is 6.01. The van der Waals surface area contributed by atoms with Crippen LogP contribution in [0, 0.1) is 5.92 Å². The van der Waals surface area contributed by atoms with Gasteiger partial charge in [-0.25, -0.2) is 0 Å². The van der Waals surface area contributed by atoms with Crippen LogP contribution in [0.2, 0.25) is 0 Å². The fourth-order valence-corrected chi connectivity index (χ4v) is 2.30. The lowest BCUT2D eigenvalue weighted by molar-refractivity contribution is 0.0189. The first-order valence-electron chi connectivity index (χ1n) is 6.89. The molecule has 0 aromatic rings. The second kappa shape index (κ2) is 6.61. The minimum atomic E-state index is 0.103. The Hall–Kier alpha value is -0.0800. The summed E-state index contributed by atoms with van der Waals surface area (Å²) in [7, 11) is 0. The standard InChI is InChI=1S/C14H29NO/c1-12(2)7-5-8-13(3)15-11-14(4)9-6-10-16-14/h12-13,15H,5-11H2,1-4H3. The molecule has 2 heteroatoms. The summed E-state index contributed by atoms with van der Waals surface area (Å²) >= 11 is 0. The van der Waals surface area contributed by atoms with Gasteiger partial charge in [0.05, 0.1) is 5.60 Å². The van der Waals surface area contributed by atoms with Crippen molar-refractivity contribution in [3.8, 4) is 0 Å². The van der Waals surface area contributed by atoms with Crippen molar-refractivity contribution in [2.45, 2.75) is 71.4 Å². The number of nitrogens with one attached hydrogen (secondary N) is 1. The molecule has 1 fully saturated rings. The van der Waals surface area contributed by atoms with Crippen LogP contribution in [-0.2, 0) is 4.74 Å². The maximum atomic E-state index is 5.77. The molecule has 1 rings (SSSR count). The molecule has 1 heterocycles. The Morgan fingerprint density at radius 3 is 2.56 bits per heavy atom. The molecule has 1 aliphatic rings. The van der Waals surface area contributed by atoms with Crippen molar-refractivity contribution >= 4 is 0 Å². The highest BCUT2D eigenvalue weighted by Crippen LogP contribution is 2.24. The molecule has 0 amide bonds. The highest BCUT2D eigenvalue weighted by molar-refractivity contribution is 4.83. The maximum absolute atomic E-state index is 5.77. The number of hydrogen-bond acceptors (Lipinski definition) is 2. The van der Waals surface area contributed by atoms with Crippen molar-refractivity contribution in [1.29, 1.82) is 0 Å². The molecule has 0 aromatic carbocycles. The Bertz CT molecular complexity index is 185. The van der Waals surface area contributed by atoms with Crippen LogP contribution in [0.3, 0.4) is 0 Å². The molecular formula is C14H29NO. The molecule has 2 unspecified atom stereocenters. The van der Waals surface area contributed by atoms with E-state index >= 15 is 0 Å². The first kappa shape index (κ1) is 14.0. The third kappa shape index (κ3) is 5.31. The monoisotopic (exact) mass is 227 g/mol. The summed E-state index contributed by atoms with van der Waals surface area (Å²) in [6, 6.07) is 0.625. The van der Waals surface area contributed by atoms with Gasteiger partial charge in [0, 0.05) is 19.2 Å². The van der Waals surface area contributed by atoms with Crippen LogP contribution in [-0.4, -0.2) is 24.8 Å². The van der Waals surface area contributed by atoms with Gasteiger partial charge in [0.25, 0.3) is 0 Å². The molecule has 16 heavy (non-hydrogen) atoms. The van der Waals surface area contributed by atoms with Crippen molar-refractivity contribution in [3.63, 3.8) is 0 Å². The fourth-order valence-electron chi connectivity index (χ4n) is 2.30. The van der Waals surface area contributed by atoms with Crippen molar-refractivity contribution in [1.82, 2.24) is 5.32 Å². The van der Waals surface area contributed by atoms with E-state index in [4.69, 9.17) is 4.74 Å². The normalized spacial score (nSPS) is 27.6. The van der Waals surface area contributed by atoms with Gasteiger partial charge in [0.1, 0.15) is 0 Å². The van der Waals surface area contributed by atoms with Gasteiger partial charge in [-0.15, -0.1) is 0 Å². The molecule has 0 aromatic heterocycles. The van der Waals surface area contributed by atoms with Gasteiger partial charge in [0.2, 0.25) is 0 Å². The van der Waals surface area contributed by atoms with E-state index in [1.807, 2.05) is 0 Å². The van der Waals surface area contributed by atoms with Gasteiger partial charge >= 0.3 is 0 Å². The lowest BCUT2D eigenvalue weighted by Gasteiger charge is -2.26. The van der Waals surface area contributed by atoms with E-state index in [0.29, 0.717) is 6.04 Å². The van der Waals surface area contributed by atoms with Crippen molar-refractivity contribution in [3.05, 3.63) is 0 Å². The zero-order chi connectivity index (χ0) is 12.0. The molecule has 2 nitrogen and oxygen atoms in total. The maximum Gasteiger partial charge on any atom is 0.0779 e. The SMILES string of the molecule is CC(C)CCCC(C)NCC1(C)CCCO1. The highest BCUT2D eigenvalue weighted by atomic mass is 16.5. The molecule has 1 saturated heterocycles. The number of hydrogen-bond donors (Lipinski definition) is 1. The number of rotatable bonds is 7. The van der Waals surface area contributed by atoms with E-state index in [1.165, 1.54) is 32.1 Å². The highest BCUT2D eigenvalue weighted by Gasteiger charge is 2.29. The van der Waals surface area contributed by atoms with Gasteiger partial charge in [-0.3, -0.25) is 0 Å². The third-order valence-electron chi connectivity index (χ3n) is 3.54. The van der Waals surface area contributed by atoms with Crippen molar-refractivity contribution in [2.75, 3.05) is 13.2 Å². The summed E-state index contributed by atoms with van der Waals surface area (Å²) in [5, 5.41) is 3.61. The summed E-state index contributed by atoms with van der Waals surface area (Å²) in [6.45, 7) is 11.1. The second-order valence-electron chi connectivity index (χ2n) is 6.01. The van der Waals surface area contributed by atoms with Gasteiger partial charge < -0.3 is 10.1 Å². The van der Waals surface area contributed by atoms with Crippen LogP contribution in [0.5, 0.6) is 0 Å². The van der Waals surface area contributed by atoms with Gasteiger partial charge in [-0.05, 0) is 39.0 Å². The van der Waals surface area contributed by atoms with Crippen LogP contribution >= 0.6 is 0 Å². The van der Waals surface area contributed by atoms with E-state index in [2.05, 4.69) is 33.0 Å². The van der Waals surface area contributed by atoms with E-state index in [1.54, 1.807) is 0 Å². The molecule has 1 aliphatic heterocycles. The topological polar surface area (TPSA) is 21.3 Å². The van der Waals surface area contributed by atoms with Crippen molar-refractivity contribution in [2.24, 2.45) is 5.92 Å². The molecule has 0 bridgehead atoms. The summed E-state index contributed by atoms with van der Waals surface area (Å²) in [5.41, 5.74) is 0.103. The molecule has 0 aliphatic carbocycles. The number of ether oxygens (including phenoxy) is 1. The predicted octanol–water partition coefficient (Wildman–Crippen LogP) is 3.36. The van der Waals surface area contributed by atoms with Crippen molar-refractivity contribution < 1.29 is 4.74 Å². The zero-order valence-electron chi connectivity index (χ0n) is 11.5. The van der Waals surface area contributed by atoms with Gasteiger partial charge in [0.15, 0.2) is 0 Å². The minimum absolute atomic E-state index is 0.103. The van der Waals surface area contributed by atoms with E-state index in [0.717, 1.165) is 19.1 Å². The average Bonchev–Trinajstić information content (AvgIpc) is 2.62. The summed E-state index contributed by atoms with van der Waals surface area (Å²) in [5.74, 6) is 0.836. The summed E-state index contributed by atoms with van der Waals surface area (Å²) in [6.07, 6.45) is 6.40. The summed E-state index contributed by atoms with van der Waals surface area (Å²) < 4.78 is 5.77. The third-order valence-corrected chi connectivity index (χ3v) is 3.54. The first-order valence-corrected chi connectivity index (χ1v) is 6.89. The predicted molar refractivity (Wildman–Crippen MR) is 69.7 cm³/mol. The van der Waals surface area contributed by atoms with Crippen LogP contribution in [0.25, 0.3) is 0 Å². The van der Waals surface area contributed by atoms with E-state index in [-0.39, 0.29) is 5.60 Å². The molecule has 2 atom stereocenters. The first-order chi connectivity index (χ1) is 7.52. The Morgan fingerprint density at radius 2 is 2.00 bits per heavy atom. The lowest BCUT2D eigenvalue weighted by Crippen LogP contribution is -2.41. The Balaban J connectivity index is 2.07. The molecule has 0 radical (unpaired) electrons.